The maximum absolute atomic E-state index is 5.28. The lowest BCUT2D eigenvalue weighted by Crippen LogP contribution is -2.24. The van der Waals surface area contributed by atoms with E-state index in [4.69, 9.17) is 4.52 Å². The summed E-state index contributed by atoms with van der Waals surface area (Å²) in [4.78, 5) is 4.42. The van der Waals surface area contributed by atoms with Gasteiger partial charge in [-0.1, -0.05) is 54.8 Å². The summed E-state index contributed by atoms with van der Waals surface area (Å²) in [5, 5.41) is 7.47. The summed E-state index contributed by atoms with van der Waals surface area (Å²) in [6, 6.07) is 9.92. The normalized spacial score (nSPS) is 16.4. The van der Waals surface area contributed by atoms with E-state index in [0.717, 1.165) is 18.0 Å². The summed E-state index contributed by atoms with van der Waals surface area (Å²) < 4.78 is 5.28. The number of nitrogens with zero attached hydrogens (tertiary/aromatic N) is 2. The van der Waals surface area contributed by atoms with Crippen molar-refractivity contribution in [3.05, 3.63) is 36.2 Å². The lowest BCUT2D eigenvalue weighted by Gasteiger charge is -2.21. The van der Waals surface area contributed by atoms with E-state index in [1.807, 2.05) is 30.3 Å². The molecule has 0 bridgehead atoms. The van der Waals surface area contributed by atoms with Crippen LogP contribution in [0.15, 0.2) is 34.9 Å². The molecule has 4 nitrogen and oxygen atoms in total. The molecule has 1 aliphatic carbocycles. The van der Waals surface area contributed by atoms with Crippen LogP contribution in [0.5, 0.6) is 0 Å². The van der Waals surface area contributed by atoms with Crippen LogP contribution in [-0.4, -0.2) is 16.7 Å². The van der Waals surface area contributed by atoms with Crippen molar-refractivity contribution in [3.8, 4) is 11.4 Å². The Hall–Kier alpha value is -1.68. The second-order valence-corrected chi connectivity index (χ2v) is 5.51. The van der Waals surface area contributed by atoms with Crippen molar-refractivity contribution in [2.45, 2.75) is 38.6 Å². The highest BCUT2D eigenvalue weighted by Gasteiger charge is 2.13. The Balaban J connectivity index is 1.50. The molecule has 0 unspecified atom stereocenters. The molecule has 1 N–H and O–H groups in total. The molecule has 1 saturated carbocycles. The highest BCUT2D eigenvalue weighted by Crippen LogP contribution is 2.22. The molecular formula is C16H21N3O. The van der Waals surface area contributed by atoms with E-state index in [-0.39, 0.29) is 0 Å². The topological polar surface area (TPSA) is 51.0 Å². The number of hydrogen-bond donors (Lipinski definition) is 1. The molecule has 2 aromatic rings. The van der Waals surface area contributed by atoms with Crippen LogP contribution in [-0.2, 0) is 6.54 Å². The maximum Gasteiger partial charge on any atom is 0.240 e. The first-order chi connectivity index (χ1) is 9.92. The summed E-state index contributed by atoms with van der Waals surface area (Å²) in [6.45, 7) is 1.72. The van der Waals surface area contributed by atoms with Gasteiger partial charge in [-0.25, -0.2) is 0 Å². The van der Waals surface area contributed by atoms with Crippen LogP contribution in [0.4, 0.5) is 0 Å². The average Bonchev–Trinajstić information content (AvgIpc) is 2.98. The van der Waals surface area contributed by atoms with Crippen LogP contribution in [0.3, 0.4) is 0 Å². The van der Waals surface area contributed by atoms with Gasteiger partial charge in [-0.3, -0.25) is 0 Å². The summed E-state index contributed by atoms with van der Waals surface area (Å²) in [6.07, 6.45) is 6.87. The van der Waals surface area contributed by atoms with E-state index in [2.05, 4.69) is 15.5 Å². The Morgan fingerprint density at radius 3 is 2.70 bits per heavy atom. The van der Waals surface area contributed by atoms with E-state index in [1.165, 1.54) is 32.1 Å². The van der Waals surface area contributed by atoms with Gasteiger partial charge < -0.3 is 9.84 Å². The van der Waals surface area contributed by atoms with Gasteiger partial charge in [0.25, 0.3) is 0 Å². The quantitative estimate of drug-likeness (QED) is 0.905. The number of hydrogen-bond acceptors (Lipinski definition) is 4. The first-order valence-corrected chi connectivity index (χ1v) is 7.50. The Morgan fingerprint density at radius 1 is 1.10 bits per heavy atom. The second-order valence-electron chi connectivity index (χ2n) is 5.51. The Kier molecular flexibility index (Phi) is 4.43. The molecule has 1 heterocycles. The van der Waals surface area contributed by atoms with Gasteiger partial charge in [-0.15, -0.1) is 0 Å². The van der Waals surface area contributed by atoms with Crippen molar-refractivity contribution in [2.24, 2.45) is 5.92 Å². The molecule has 0 saturated heterocycles. The van der Waals surface area contributed by atoms with Gasteiger partial charge in [-0.2, -0.15) is 4.98 Å². The summed E-state index contributed by atoms with van der Waals surface area (Å²) in [7, 11) is 0. The molecule has 4 heteroatoms. The van der Waals surface area contributed by atoms with Crippen molar-refractivity contribution in [3.63, 3.8) is 0 Å². The fraction of sp³-hybridized carbons (Fsp3) is 0.500. The second kappa shape index (κ2) is 6.66. The first kappa shape index (κ1) is 13.3. The molecular weight excluding hydrogens is 250 g/mol. The molecule has 1 aromatic heterocycles. The molecule has 106 valence electrons. The van der Waals surface area contributed by atoms with Crippen LogP contribution in [0.1, 0.15) is 38.0 Å². The van der Waals surface area contributed by atoms with E-state index in [1.54, 1.807) is 0 Å². The minimum atomic E-state index is 0.663. The standard InChI is InChI=1S/C16H21N3O/c1-3-7-13(8-4-1)11-17-12-15-18-16(19-20-15)14-9-5-2-6-10-14/h2,5-6,9-10,13,17H,1,3-4,7-8,11-12H2. The van der Waals surface area contributed by atoms with Crippen LogP contribution in [0.25, 0.3) is 11.4 Å². The van der Waals surface area contributed by atoms with Gasteiger partial charge in [0.1, 0.15) is 0 Å². The third kappa shape index (κ3) is 3.45. The molecule has 0 radical (unpaired) electrons. The van der Waals surface area contributed by atoms with Crippen molar-refractivity contribution in [1.82, 2.24) is 15.5 Å². The monoisotopic (exact) mass is 271 g/mol. The minimum absolute atomic E-state index is 0.663. The summed E-state index contributed by atoms with van der Waals surface area (Å²) in [5.74, 6) is 2.15. The zero-order chi connectivity index (χ0) is 13.6. The smallest absolute Gasteiger partial charge is 0.240 e. The van der Waals surface area contributed by atoms with Crippen LogP contribution in [0.2, 0.25) is 0 Å². The Morgan fingerprint density at radius 2 is 1.90 bits per heavy atom. The predicted molar refractivity (Wildman–Crippen MR) is 78.0 cm³/mol. The zero-order valence-electron chi connectivity index (χ0n) is 11.7. The average molecular weight is 271 g/mol. The highest BCUT2D eigenvalue weighted by molar-refractivity contribution is 5.53. The van der Waals surface area contributed by atoms with Gasteiger partial charge in [0, 0.05) is 5.56 Å². The van der Waals surface area contributed by atoms with Crippen LogP contribution >= 0.6 is 0 Å². The lowest BCUT2D eigenvalue weighted by atomic mass is 9.89. The number of nitrogens with one attached hydrogen (secondary N) is 1. The molecule has 0 spiro atoms. The summed E-state index contributed by atoms with van der Waals surface area (Å²) >= 11 is 0. The van der Waals surface area contributed by atoms with Crippen molar-refractivity contribution < 1.29 is 4.52 Å². The number of rotatable bonds is 5. The highest BCUT2D eigenvalue weighted by atomic mass is 16.5. The third-order valence-electron chi connectivity index (χ3n) is 3.93. The molecule has 0 atom stereocenters. The molecule has 0 aliphatic heterocycles. The number of aromatic nitrogens is 2. The van der Waals surface area contributed by atoms with Crippen molar-refractivity contribution >= 4 is 0 Å². The fourth-order valence-electron chi connectivity index (χ4n) is 2.81. The third-order valence-corrected chi connectivity index (χ3v) is 3.93. The molecule has 1 aromatic carbocycles. The molecule has 1 fully saturated rings. The number of benzene rings is 1. The van der Waals surface area contributed by atoms with E-state index >= 15 is 0 Å². The van der Waals surface area contributed by atoms with Crippen molar-refractivity contribution in [2.75, 3.05) is 6.54 Å². The molecule has 20 heavy (non-hydrogen) atoms. The maximum atomic E-state index is 5.28. The van der Waals surface area contributed by atoms with Crippen LogP contribution in [0, 0.1) is 5.92 Å². The van der Waals surface area contributed by atoms with Gasteiger partial charge in [0.2, 0.25) is 11.7 Å². The lowest BCUT2D eigenvalue weighted by molar-refractivity contribution is 0.323. The predicted octanol–water partition coefficient (Wildman–Crippen LogP) is 3.41. The fourth-order valence-corrected chi connectivity index (χ4v) is 2.81. The van der Waals surface area contributed by atoms with Crippen molar-refractivity contribution in [1.29, 1.82) is 0 Å². The Labute approximate surface area is 119 Å². The minimum Gasteiger partial charge on any atom is -0.338 e. The van der Waals surface area contributed by atoms with Crippen LogP contribution < -0.4 is 5.32 Å². The van der Waals surface area contributed by atoms with E-state index < -0.39 is 0 Å². The molecule has 3 rings (SSSR count). The first-order valence-electron chi connectivity index (χ1n) is 7.50. The zero-order valence-corrected chi connectivity index (χ0v) is 11.7. The molecule has 1 aliphatic rings. The largest absolute Gasteiger partial charge is 0.338 e. The van der Waals surface area contributed by atoms with E-state index in [0.29, 0.717) is 18.3 Å². The van der Waals surface area contributed by atoms with Gasteiger partial charge in [0.05, 0.1) is 6.54 Å². The van der Waals surface area contributed by atoms with E-state index in [9.17, 15) is 0 Å². The van der Waals surface area contributed by atoms with Gasteiger partial charge >= 0.3 is 0 Å². The summed E-state index contributed by atoms with van der Waals surface area (Å²) in [5.41, 5.74) is 0.995. The molecule has 0 amide bonds. The van der Waals surface area contributed by atoms with Gasteiger partial charge in [-0.05, 0) is 25.3 Å². The Bertz CT molecular complexity index is 518. The SMILES string of the molecule is c1ccc(-c2noc(CNCC3CCCCC3)n2)cc1. The van der Waals surface area contributed by atoms with Gasteiger partial charge in [0.15, 0.2) is 0 Å².